The first-order valence-electron chi connectivity index (χ1n) is 7.16. The highest BCUT2D eigenvalue weighted by Gasteiger charge is 2.15. The topological polar surface area (TPSA) is 72.9 Å². The number of anilines is 1. The first-order valence-corrected chi connectivity index (χ1v) is 7.16. The normalized spacial score (nSPS) is 10.8. The van der Waals surface area contributed by atoms with Crippen molar-refractivity contribution in [3.8, 4) is 11.5 Å². The van der Waals surface area contributed by atoms with Gasteiger partial charge in [0.1, 0.15) is 5.82 Å². The van der Waals surface area contributed by atoms with Crippen molar-refractivity contribution in [2.75, 3.05) is 18.5 Å². The Hall–Kier alpha value is -2.70. The first kappa shape index (κ1) is 14.2. The minimum atomic E-state index is 0.502. The van der Waals surface area contributed by atoms with Crippen LogP contribution >= 0.6 is 0 Å². The first-order chi connectivity index (χ1) is 10.7. The highest BCUT2D eigenvalue weighted by Crippen LogP contribution is 2.26. The fourth-order valence-electron chi connectivity index (χ4n) is 2.29. The SMILES string of the molecule is Cc1noc(-c2cccnc2N(C)CCCn2ccnc2)n1. The molecule has 0 radical (unpaired) electrons. The fourth-order valence-corrected chi connectivity index (χ4v) is 2.29. The second-order valence-corrected chi connectivity index (χ2v) is 5.10. The van der Waals surface area contributed by atoms with Gasteiger partial charge in [0.25, 0.3) is 5.89 Å². The summed E-state index contributed by atoms with van der Waals surface area (Å²) in [7, 11) is 2.02. The average molecular weight is 298 g/mol. The number of aryl methyl sites for hydroxylation is 2. The van der Waals surface area contributed by atoms with E-state index in [1.54, 1.807) is 19.3 Å². The van der Waals surface area contributed by atoms with Crippen LogP contribution in [0.1, 0.15) is 12.2 Å². The predicted octanol–water partition coefficient (Wildman–Crippen LogP) is 2.16. The number of imidazole rings is 1. The maximum atomic E-state index is 5.26. The van der Waals surface area contributed by atoms with Gasteiger partial charge in [-0.05, 0) is 25.5 Å². The van der Waals surface area contributed by atoms with Crippen molar-refractivity contribution in [2.45, 2.75) is 19.9 Å². The van der Waals surface area contributed by atoms with Crippen molar-refractivity contribution in [1.29, 1.82) is 0 Å². The van der Waals surface area contributed by atoms with Gasteiger partial charge in [0.2, 0.25) is 0 Å². The largest absolute Gasteiger partial charge is 0.359 e. The summed E-state index contributed by atoms with van der Waals surface area (Å²) < 4.78 is 7.33. The van der Waals surface area contributed by atoms with Gasteiger partial charge in [-0.2, -0.15) is 4.98 Å². The van der Waals surface area contributed by atoms with E-state index in [9.17, 15) is 0 Å². The van der Waals surface area contributed by atoms with Crippen LogP contribution in [0.2, 0.25) is 0 Å². The third-order valence-electron chi connectivity index (χ3n) is 3.38. The van der Waals surface area contributed by atoms with E-state index in [-0.39, 0.29) is 0 Å². The Balaban J connectivity index is 1.71. The lowest BCUT2D eigenvalue weighted by molar-refractivity contribution is 0.425. The Kier molecular flexibility index (Phi) is 4.13. The van der Waals surface area contributed by atoms with E-state index in [2.05, 4.69) is 29.6 Å². The monoisotopic (exact) mass is 298 g/mol. The molecule has 0 saturated heterocycles. The molecule has 0 aliphatic carbocycles. The number of rotatable bonds is 6. The van der Waals surface area contributed by atoms with Crippen molar-refractivity contribution in [2.24, 2.45) is 0 Å². The van der Waals surface area contributed by atoms with Crippen LogP contribution in [-0.4, -0.2) is 38.3 Å². The van der Waals surface area contributed by atoms with Crippen molar-refractivity contribution < 1.29 is 4.52 Å². The molecule has 3 rings (SSSR count). The molecule has 3 aromatic rings. The molecule has 0 fully saturated rings. The summed E-state index contributed by atoms with van der Waals surface area (Å²) in [5.41, 5.74) is 0.855. The van der Waals surface area contributed by atoms with Crippen LogP contribution in [-0.2, 0) is 6.54 Å². The number of hydrogen-bond acceptors (Lipinski definition) is 6. The second kappa shape index (κ2) is 6.38. The molecule has 0 aromatic carbocycles. The number of aromatic nitrogens is 5. The number of hydrogen-bond donors (Lipinski definition) is 0. The van der Waals surface area contributed by atoms with Crippen molar-refractivity contribution in [1.82, 2.24) is 24.7 Å². The van der Waals surface area contributed by atoms with Gasteiger partial charge in [-0.3, -0.25) is 0 Å². The fraction of sp³-hybridized carbons (Fsp3) is 0.333. The highest BCUT2D eigenvalue weighted by molar-refractivity contribution is 5.69. The van der Waals surface area contributed by atoms with Crippen LogP contribution < -0.4 is 4.90 Å². The molecule has 0 aliphatic heterocycles. The third-order valence-corrected chi connectivity index (χ3v) is 3.38. The van der Waals surface area contributed by atoms with E-state index in [0.29, 0.717) is 11.7 Å². The van der Waals surface area contributed by atoms with Crippen molar-refractivity contribution in [3.63, 3.8) is 0 Å². The molecule has 22 heavy (non-hydrogen) atoms. The van der Waals surface area contributed by atoms with E-state index in [4.69, 9.17) is 4.52 Å². The van der Waals surface area contributed by atoms with Gasteiger partial charge >= 0.3 is 0 Å². The summed E-state index contributed by atoms with van der Waals surface area (Å²) in [5.74, 6) is 1.96. The van der Waals surface area contributed by atoms with Crippen molar-refractivity contribution >= 4 is 5.82 Å². The summed E-state index contributed by atoms with van der Waals surface area (Å²) in [6.45, 7) is 3.60. The molecular weight excluding hydrogens is 280 g/mol. The molecule has 7 nitrogen and oxygen atoms in total. The molecule has 0 unspecified atom stereocenters. The zero-order valence-corrected chi connectivity index (χ0v) is 12.7. The summed E-state index contributed by atoms with van der Waals surface area (Å²) in [6.07, 6.45) is 8.35. The van der Waals surface area contributed by atoms with Gasteiger partial charge in [-0.15, -0.1) is 0 Å². The maximum absolute atomic E-state index is 5.26. The van der Waals surface area contributed by atoms with E-state index in [1.165, 1.54) is 0 Å². The summed E-state index contributed by atoms with van der Waals surface area (Å²) >= 11 is 0. The highest BCUT2D eigenvalue weighted by atomic mass is 16.5. The van der Waals surface area contributed by atoms with Gasteiger partial charge in [0.05, 0.1) is 11.9 Å². The molecule has 7 heteroatoms. The molecular formula is C15H18N6O. The molecule has 0 saturated carbocycles. The van der Waals surface area contributed by atoms with Crippen molar-refractivity contribution in [3.05, 3.63) is 42.9 Å². The van der Waals surface area contributed by atoms with Gasteiger partial charge in [-0.1, -0.05) is 5.16 Å². The maximum Gasteiger partial charge on any atom is 0.261 e. The molecule has 0 amide bonds. The zero-order chi connectivity index (χ0) is 15.4. The van der Waals surface area contributed by atoms with Crippen LogP contribution in [0.15, 0.2) is 41.6 Å². The Labute approximate surface area is 128 Å². The lowest BCUT2D eigenvalue weighted by Gasteiger charge is -2.19. The lowest BCUT2D eigenvalue weighted by atomic mass is 10.2. The van der Waals surface area contributed by atoms with Crippen LogP contribution in [0.5, 0.6) is 0 Å². The van der Waals surface area contributed by atoms with E-state index < -0.39 is 0 Å². The van der Waals surface area contributed by atoms with Gasteiger partial charge in [0, 0.05) is 38.7 Å². The third kappa shape index (κ3) is 3.13. The predicted molar refractivity (Wildman–Crippen MR) is 82.4 cm³/mol. The van der Waals surface area contributed by atoms with Gasteiger partial charge in [-0.25, -0.2) is 9.97 Å². The van der Waals surface area contributed by atoms with Crippen LogP contribution in [0.25, 0.3) is 11.5 Å². The van der Waals surface area contributed by atoms with E-state index in [0.717, 1.165) is 30.9 Å². The summed E-state index contributed by atoms with van der Waals surface area (Å²) in [4.78, 5) is 14.9. The molecule has 0 aliphatic rings. The molecule has 0 atom stereocenters. The minimum absolute atomic E-state index is 0.502. The number of nitrogens with zero attached hydrogens (tertiary/aromatic N) is 6. The summed E-state index contributed by atoms with van der Waals surface area (Å²) in [6, 6.07) is 3.82. The molecule has 114 valence electrons. The second-order valence-electron chi connectivity index (χ2n) is 5.10. The minimum Gasteiger partial charge on any atom is -0.359 e. The Morgan fingerprint density at radius 1 is 1.32 bits per heavy atom. The molecule has 3 heterocycles. The Bertz CT molecular complexity index is 721. The molecule has 3 aromatic heterocycles. The molecule has 0 spiro atoms. The molecule has 0 bridgehead atoms. The Morgan fingerprint density at radius 3 is 2.95 bits per heavy atom. The van der Waals surface area contributed by atoms with E-state index >= 15 is 0 Å². The van der Waals surface area contributed by atoms with Crippen LogP contribution in [0.3, 0.4) is 0 Å². The quantitative estimate of drug-likeness (QED) is 0.694. The van der Waals surface area contributed by atoms with Crippen LogP contribution in [0.4, 0.5) is 5.82 Å². The number of pyridine rings is 1. The molecule has 0 N–H and O–H groups in total. The average Bonchev–Trinajstić information content (AvgIpc) is 3.19. The van der Waals surface area contributed by atoms with Gasteiger partial charge < -0.3 is 14.0 Å². The van der Waals surface area contributed by atoms with E-state index in [1.807, 2.05) is 31.7 Å². The summed E-state index contributed by atoms with van der Waals surface area (Å²) in [5, 5.41) is 3.85. The lowest BCUT2D eigenvalue weighted by Crippen LogP contribution is -2.21. The smallest absolute Gasteiger partial charge is 0.261 e. The van der Waals surface area contributed by atoms with Gasteiger partial charge in [0.15, 0.2) is 5.82 Å². The van der Waals surface area contributed by atoms with Crippen LogP contribution in [0, 0.1) is 6.92 Å². The Morgan fingerprint density at radius 2 is 2.23 bits per heavy atom. The standard InChI is InChI=1S/C15H18N6O/c1-12-18-15(22-19-12)13-5-3-6-17-14(13)20(2)8-4-9-21-10-7-16-11-21/h3,5-7,10-11H,4,8-9H2,1-2H3. The zero-order valence-electron chi connectivity index (χ0n) is 12.7.